The zero-order valence-electron chi connectivity index (χ0n) is 15.3. The summed E-state index contributed by atoms with van der Waals surface area (Å²) >= 11 is 11.8. The Labute approximate surface area is 175 Å². The Balaban J connectivity index is 2.33. The van der Waals surface area contributed by atoms with Gasteiger partial charge in [-0.25, -0.2) is 22.5 Å². The predicted molar refractivity (Wildman–Crippen MR) is 102 cm³/mol. The van der Waals surface area contributed by atoms with Crippen LogP contribution in [0.3, 0.4) is 0 Å². The molecule has 0 saturated carbocycles. The highest BCUT2D eigenvalue weighted by molar-refractivity contribution is 7.89. The predicted octanol–water partition coefficient (Wildman–Crippen LogP) is 4.76. The number of rotatable bonds is 6. The SMILES string of the molecule is CC(C)C(F)(F)c1ncc(Oc2cc(F)c(C(=O)NS(C)(=O)=O)cc2Cl)cc1Cl. The number of alkyl halides is 2. The summed E-state index contributed by atoms with van der Waals surface area (Å²) in [6.45, 7) is 2.62. The minimum Gasteiger partial charge on any atom is -0.454 e. The van der Waals surface area contributed by atoms with E-state index >= 15 is 0 Å². The standard InChI is InChI=1S/C17H15Cl2F3N2O4S/c1-8(2)17(21,22)15-12(19)4-9(7-23-15)28-14-6-13(20)10(5-11(14)18)16(25)24-29(3,26)27/h4-8H,1-3H3,(H,24,25). The number of aromatic nitrogens is 1. The van der Waals surface area contributed by atoms with Crippen LogP contribution in [0.25, 0.3) is 0 Å². The van der Waals surface area contributed by atoms with E-state index < -0.39 is 44.8 Å². The van der Waals surface area contributed by atoms with E-state index in [1.807, 2.05) is 0 Å². The molecule has 2 aromatic rings. The van der Waals surface area contributed by atoms with Crippen LogP contribution in [0.2, 0.25) is 10.0 Å². The summed E-state index contributed by atoms with van der Waals surface area (Å²) < 4.78 is 71.6. The maximum absolute atomic E-state index is 14.2. The van der Waals surface area contributed by atoms with Crippen molar-refractivity contribution in [3.05, 3.63) is 51.5 Å². The van der Waals surface area contributed by atoms with Gasteiger partial charge in [0.2, 0.25) is 10.0 Å². The van der Waals surface area contributed by atoms with Crippen LogP contribution >= 0.6 is 23.2 Å². The van der Waals surface area contributed by atoms with E-state index in [0.29, 0.717) is 0 Å². The molecule has 0 saturated heterocycles. The third-order valence-corrected chi connectivity index (χ3v) is 4.77. The quantitative estimate of drug-likeness (QED) is 0.657. The molecule has 6 nitrogen and oxygen atoms in total. The average Bonchev–Trinajstić information content (AvgIpc) is 2.55. The van der Waals surface area contributed by atoms with Gasteiger partial charge in [-0.15, -0.1) is 0 Å². The van der Waals surface area contributed by atoms with Crippen molar-refractivity contribution in [2.75, 3.05) is 6.26 Å². The van der Waals surface area contributed by atoms with Crippen LogP contribution in [0.4, 0.5) is 13.2 Å². The van der Waals surface area contributed by atoms with Gasteiger partial charge in [-0.2, -0.15) is 8.78 Å². The monoisotopic (exact) mass is 470 g/mol. The Kier molecular flexibility index (Phi) is 6.71. The summed E-state index contributed by atoms with van der Waals surface area (Å²) in [5, 5.41) is -0.597. The van der Waals surface area contributed by atoms with Gasteiger partial charge in [0.15, 0.2) is 0 Å². The molecule has 0 aliphatic rings. The summed E-state index contributed by atoms with van der Waals surface area (Å²) in [6, 6.07) is 2.67. The van der Waals surface area contributed by atoms with Crippen molar-refractivity contribution in [3.63, 3.8) is 0 Å². The molecular formula is C17H15Cl2F3N2O4S. The van der Waals surface area contributed by atoms with Crippen molar-refractivity contribution in [1.29, 1.82) is 0 Å². The second kappa shape index (κ2) is 8.37. The molecule has 1 N–H and O–H groups in total. The molecule has 0 atom stereocenters. The molecule has 1 aromatic heterocycles. The number of ether oxygens (including phenoxy) is 1. The fourth-order valence-corrected chi connectivity index (χ4v) is 3.06. The fourth-order valence-electron chi connectivity index (χ4n) is 2.13. The Hall–Kier alpha value is -2.04. The van der Waals surface area contributed by atoms with Gasteiger partial charge >= 0.3 is 0 Å². The van der Waals surface area contributed by atoms with Crippen molar-refractivity contribution >= 4 is 39.1 Å². The van der Waals surface area contributed by atoms with E-state index in [1.54, 1.807) is 4.72 Å². The number of benzene rings is 1. The van der Waals surface area contributed by atoms with Gasteiger partial charge in [0.1, 0.15) is 23.0 Å². The summed E-state index contributed by atoms with van der Waals surface area (Å²) in [4.78, 5) is 15.4. The fraction of sp³-hybridized carbons (Fsp3) is 0.294. The van der Waals surface area contributed by atoms with Crippen LogP contribution in [0.15, 0.2) is 24.4 Å². The van der Waals surface area contributed by atoms with Gasteiger partial charge in [-0.1, -0.05) is 37.0 Å². The van der Waals surface area contributed by atoms with Gasteiger partial charge in [0, 0.05) is 18.1 Å². The first kappa shape index (κ1) is 23.2. The van der Waals surface area contributed by atoms with Crippen molar-refractivity contribution < 1.29 is 31.1 Å². The molecule has 12 heteroatoms. The molecule has 2 rings (SSSR count). The number of sulfonamides is 1. The maximum atomic E-state index is 14.2. The maximum Gasteiger partial charge on any atom is 0.293 e. The second-order valence-electron chi connectivity index (χ2n) is 6.35. The van der Waals surface area contributed by atoms with E-state index in [9.17, 15) is 26.4 Å². The second-order valence-corrected chi connectivity index (χ2v) is 8.91. The van der Waals surface area contributed by atoms with Gasteiger partial charge in [0.05, 0.1) is 28.1 Å². The van der Waals surface area contributed by atoms with Crippen molar-refractivity contribution in [3.8, 4) is 11.5 Å². The lowest BCUT2D eigenvalue weighted by Gasteiger charge is -2.21. The first-order chi connectivity index (χ1) is 13.2. The molecule has 0 spiro atoms. The van der Waals surface area contributed by atoms with E-state index in [4.69, 9.17) is 27.9 Å². The largest absolute Gasteiger partial charge is 0.454 e. The van der Waals surface area contributed by atoms with Gasteiger partial charge in [0.25, 0.3) is 11.8 Å². The Bertz CT molecular complexity index is 1060. The third kappa shape index (κ3) is 5.52. The summed E-state index contributed by atoms with van der Waals surface area (Å²) in [6.07, 6.45) is 1.70. The first-order valence-electron chi connectivity index (χ1n) is 7.95. The van der Waals surface area contributed by atoms with Crippen LogP contribution < -0.4 is 9.46 Å². The van der Waals surface area contributed by atoms with Crippen LogP contribution in [-0.4, -0.2) is 25.6 Å². The molecule has 1 aromatic carbocycles. The summed E-state index contributed by atoms with van der Waals surface area (Å²) in [5.41, 5.74) is -1.26. The lowest BCUT2D eigenvalue weighted by Crippen LogP contribution is -2.30. The minimum absolute atomic E-state index is 0.104. The Morgan fingerprint density at radius 2 is 1.83 bits per heavy atom. The zero-order chi connectivity index (χ0) is 22.1. The van der Waals surface area contributed by atoms with Gasteiger partial charge < -0.3 is 4.74 Å². The van der Waals surface area contributed by atoms with Gasteiger partial charge in [-0.3, -0.25) is 4.79 Å². The Morgan fingerprint density at radius 3 is 2.34 bits per heavy atom. The molecule has 0 fully saturated rings. The van der Waals surface area contributed by atoms with Gasteiger partial charge in [-0.05, 0) is 6.07 Å². The number of halogens is 5. The van der Waals surface area contributed by atoms with Crippen LogP contribution in [0.1, 0.15) is 29.9 Å². The molecule has 0 aliphatic heterocycles. The third-order valence-electron chi connectivity index (χ3n) is 3.63. The molecule has 158 valence electrons. The highest BCUT2D eigenvalue weighted by atomic mass is 35.5. The molecule has 29 heavy (non-hydrogen) atoms. The number of carbonyl (C=O) groups excluding carboxylic acids is 1. The molecular weight excluding hydrogens is 456 g/mol. The number of hydrogen-bond acceptors (Lipinski definition) is 5. The number of amides is 1. The number of nitrogens with zero attached hydrogens (tertiary/aromatic N) is 1. The minimum atomic E-state index is -3.91. The molecule has 1 heterocycles. The topological polar surface area (TPSA) is 85.4 Å². The Morgan fingerprint density at radius 1 is 1.21 bits per heavy atom. The smallest absolute Gasteiger partial charge is 0.293 e. The van der Waals surface area contributed by atoms with Crippen molar-refractivity contribution in [1.82, 2.24) is 9.71 Å². The van der Waals surface area contributed by atoms with E-state index in [0.717, 1.165) is 30.7 Å². The van der Waals surface area contributed by atoms with Crippen molar-refractivity contribution in [2.24, 2.45) is 5.92 Å². The molecule has 0 radical (unpaired) electrons. The number of pyridine rings is 1. The van der Waals surface area contributed by atoms with Crippen molar-refractivity contribution in [2.45, 2.75) is 19.8 Å². The summed E-state index contributed by atoms with van der Waals surface area (Å²) in [5.74, 6) is -7.02. The highest BCUT2D eigenvalue weighted by Crippen LogP contribution is 2.40. The number of hydrogen-bond donors (Lipinski definition) is 1. The lowest BCUT2D eigenvalue weighted by molar-refractivity contribution is -0.0553. The molecule has 0 bridgehead atoms. The number of nitrogens with one attached hydrogen (secondary N) is 1. The summed E-state index contributed by atoms with van der Waals surface area (Å²) in [7, 11) is -3.91. The van der Waals surface area contributed by atoms with E-state index in [1.165, 1.54) is 13.8 Å². The van der Waals surface area contributed by atoms with Crippen LogP contribution in [0.5, 0.6) is 11.5 Å². The first-order valence-corrected chi connectivity index (χ1v) is 10.6. The van der Waals surface area contributed by atoms with Crippen LogP contribution in [-0.2, 0) is 15.9 Å². The van der Waals surface area contributed by atoms with E-state index in [-0.39, 0.29) is 21.5 Å². The zero-order valence-corrected chi connectivity index (χ0v) is 17.6. The van der Waals surface area contributed by atoms with Crippen LogP contribution in [0, 0.1) is 11.7 Å². The normalized spacial score (nSPS) is 12.2. The molecule has 0 aliphatic carbocycles. The highest BCUT2D eigenvalue weighted by Gasteiger charge is 2.39. The lowest BCUT2D eigenvalue weighted by atomic mass is 10.0. The molecule has 0 unspecified atom stereocenters. The van der Waals surface area contributed by atoms with E-state index in [2.05, 4.69) is 4.98 Å². The molecule has 1 amide bonds. The number of carbonyl (C=O) groups is 1. The average molecular weight is 471 g/mol.